The van der Waals surface area contributed by atoms with Crippen LogP contribution in [0.2, 0.25) is 0 Å². The molecule has 1 heterocycles. The zero-order chi connectivity index (χ0) is 14.6. The third-order valence-corrected chi connectivity index (χ3v) is 3.08. The van der Waals surface area contributed by atoms with Crippen LogP contribution < -0.4 is 11.1 Å². The van der Waals surface area contributed by atoms with Gasteiger partial charge in [0.05, 0.1) is 10.5 Å². The Bertz CT molecular complexity index is 488. The maximum atomic E-state index is 11.9. The fourth-order valence-electron chi connectivity index (χ4n) is 1.33. The SMILES string of the molecule is CC(C)C(C)CNC(=O)c1cc([N+](=O)[O-])cnc1N. The smallest absolute Gasteiger partial charge is 0.288 e. The Morgan fingerprint density at radius 3 is 2.68 bits per heavy atom. The average Bonchev–Trinajstić information content (AvgIpc) is 2.35. The van der Waals surface area contributed by atoms with E-state index in [1.165, 1.54) is 0 Å². The largest absolute Gasteiger partial charge is 0.383 e. The molecule has 7 heteroatoms. The molecule has 0 fully saturated rings. The summed E-state index contributed by atoms with van der Waals surface area (Å²) in [5.74, 6) is 0.277. The lowest BCUT2D eigenvalue weighted by atomic mass is 9.98. The zero-order valence-electron chi connectivity index (χ0n) is 11.2. The molecule has 1 unspecified atom stereocenters. The van der Waals surface area contributed by atoms with Crippen molar-refractivity contribution < 1.29 is 9.72 Å². The number of carbonyl (C=O) groups is 1. The van der Waals surface area contributed by atoms with Gasteiger partial charge in [0.1, 0.15) is 12.0 Å². The highest BCUT2D eigenvalue weighted by atomic mass is 16.6. The lowest BCUT2D eigenvalue weighted by molar-refractivity contribution is -0.385. The summed E-state index contributed by atoms with van der Waals surface area (Å²) in [6, 6.07) is 1.14. The first-order valence-corrected chi connectivity index (χ1v) is 6.01. The number of rotatable bonds is 5. The van der Waals surface area contributed by atoms with Crippen molar-refractivity contribution in [1.29, 1.82) is 0 Å². The number of nitrogens with one attached hydrogen (secondary N) is 1. The fourth-order valence-corrected chi connectivity index (χ4v) is 1.33. The molecule has 0 aromatic carbocycles. The first-order valence-electron chi connectivity index (χ1n) is 6.01. The molecule has 0 saturated carbocycles. The van der Waals surface area contributed by atoms with Gasteiger partial charge in [0, 0.05) is 12.6 Å². The van der Waals surface area contributed by atoms with Gasteiger partial charge in [-0.1, -0.05) is 20.8 Å². The number of amides is 1. The maximum Gasteiger partial charge on any atom is 0.288 e. The van der Waals surface area contributed by atoms with Gasteiger partial charge in [-0.3, -0.25) is 14.9 Å². The van der Waals surface area contributed by atoms with Crippen LogP contribution in [0.5, 0.6) is 0 Å². The third-order valence-electron chi connectivity index (χ3n) is 3.08. The van der Waals surface area contributed by atoms with Crippen LogP contribution in [0.15, 0.2) is 12.3 Å². The van der Waals surface area contributed by atoms with E-state index < -0.39 is 10.8 Å². The molecule has 1 aromatic rings. The molecule has 19 heavy (non-hydrogen) atoms. The van der Waals surface area contributed by atoms with Crippen LogP contribution in [0.4, 0.5) is 11.5 Å². The second-order valence-corrected chi connectivity index (χ2v) is 4.81. The number of nitrogens with two attached hydrogens (primary N) is 1. The number of nitrogen functional groups attached to an aromatic ring is 1. The van der Waals surface area contributed by atoms with E-state index >= 15 is 0 Å². The topological polar surface area (TPSA) is 111 Å². The summed E-state index contributed by atoms with van der Waals surface area (Å²) in [7, 11) is 0. The minimum Gasteiger partial charge on any atom is -0.383 e. The Labute approximate surface area is 111 Å². The van der Waals surface area contributed by atoms with Crippen molar-refractivity contribution in [1.82, 2.24) is 10.3 Å². The molecule has 104 valence electrons. The van der Waals surface area contributed by atoms with Crippen molar-refractivity contribution in [2.24, 2.45) is 11.8 Å². The predicted molar refractivity (Wildman–Crippen MR) is 71.6 cm³/mol. The van der Waals surface area contributed by atoms with Gasteiger partial charge >= 0.3 is 0 Å². The molecule has 0 aliphatic heterocycles. The summed E-state index contributed by atoms with van der Waals surface area (Å²) in [4.78, 5) is 25.6. The minimum absolute atomic E-state index is 0.0136. The van der Waals surface area contributed by atoms with Crippen LogP contribution in [-0.4, -0.2) is 22.4 Å². The van der Waals surface area contributed by atoms with E-state index in [-0.39, 0.29) is 17.1 Å². The van der Waals surface area contributed by atoms with Crippen LogP contribution in [-0.2, 0) is 0 Å². The maximum absolute atomic E-state index is 11.9. The van der Waals surface area contributed by atoms with E-state index in [1.807, 2.05) is 6.92 Å². The number of hydrogen-bond acceptors (Lipinski definition) is 5. The molecule has 0 spiro atoms. The van der Waals surface area contributed by atoms with Crippen molar-refractivity contribution in [3.8, 4) is 0 Å². The van der Waals surface area contributed by atoms with Gasteiger partial charge < -0.3 is 11.1 Å². The van der Waals surface area contributed by atoms with Gasteiger partial charge in [-0.25, -0.2) is 4.98 Å². The van der Waals surface area contributed by atoms with Crippen molar-refractivity contribution in [2.75, 3.05) is 12.3 Å². The summed E-state index contributed by atoms with van der Waals surface area (Å²) < 4.78 is 0. The molecule has 1 aromatic heterocycles. The number of pyridine rings is 1. The highest BCUT2D eigenvalue weighted by molar-refractivity contribution is 5.98. The number of hydrogen-bond donors (Lipinski definition) is 2. The first kappa shape index (κ1) is 14.9. The quantitative estimate of drug-likeness (QED) is 0.621. The summed E-state index contributed by atoms with van der Waals surface area (Å²) >= 11 is 0. The molecule has 0 bridgehead atoms. The van der Waals surface area contributed by atoms with Gasteiger partial charge in [0.2, 0.25) is 0 Å². The van der Waals surface area contributed by atoms with Crippen molar-refractivity contribution in [3.63, 3.8) is 0 Å². The Kier molecular flexibility index (Phi) is 4.80. The van der Waals surface area contributed by atoms with E-state index in [1.54, 1.807) is 0 Å². The zero-order valence-corrected chi connectivity index (χ0v) is 11.2. The number of nitro groups is 1. The molecular weight excluding hydrogens is 248 g/mol. The fraction of sp³-hybridized carbons (Fsp3) is 0.500. The van der Waals surface area contributed by atoms with Gasteiger partial charge in [0.25, 0.3) is 11.6 Å². The molecule has 3 N–H and O–H groups in total. The Balaban J connectivity index is 2.82. The Morgan fingerprint density at radius 2 is 2.16 bits per heavy atom. The van der Waals surface area contributed by atoms with E-state index in [4.69, 9.17) is 5.73 Å². The summed E-state index contributed by atoms with van der Waals surface area (Å²) in [6.45, 7) is 6.61. The second-order valence-electron chi connectivity index (χ2n) is 4.81. The molecule has 1 rings (SSSR count). The Hall–Kier alpha value is -2.18. The van der Waals surface area contributed by atoms with E-state index in [2.05, 4.69) is 24.1 Å². The Morgan fingerprint density at radius 1 is 1.53 bits per heavy atom. The molecule has 1 atom stereocenters. The number of aromatic nitrogens is 1. The summed E-state index contributed by atoms with van der Waals surface area (Å²) in [5.41, 5.74) is 5.34. The standard InChI is InChI=1S/C12H18N4O3/c1-7(2)8(3)5-15-12(17)10-4-9(16(18)19)6-14-11(10)13/h4,6-8H,5H2,1-3H3,(H2,13,14)(H,15,17). The van der Waals surface area contributed by atoms with Gasteiger partial charge in [0.15, 0.2) is 0 Å². The highest BCUT2D eigenvalue weighted by Crippen LogP contribution is 2.17. The van der Waals surface area contributed by atoms with Gasteiger partial charge in [-0.2, -0.15) is 0 Å². The minimum atomic E-state index is -0.611. The molecule has 0 saturated heterocycles. The van der Waals surface area contributed by atoms with Crippen LogP contribution >= 0.6 is 0 Å². The van der Waals surface area contributed by atoms with E-state index in [0.29, 0.717) is 18.4 Å². The van der Waals surface area contributed by atoms with Crippen LogP contribution in [0.3, 0.4) is 0 Å². The monoisotopic (exact) mass is 266 g/mol. The lowest BCUT2D eigenvalue weighted by Crippen LogP contribution is -2.30. The summed E-state index contributed by atoms with van der Waals surface area (Å²) in [6.07, 6.45) is 1.03. The highest BCUT2D eigenvalue weighted by Gasteiger charge is 2.17. The normalized spacial score (nSPS) is 12.2. The molecule has 0 aliphatic rings. The third kappa shape index (κ3) is 3.90. The van der Waals surface area contributed by atoms with E-state index in [0.717, 1.165) is 12.3 Å². The van der Waals surface area contributed by atoms with Crippen molar-refractivity contribution in [3.05, 3.63) is 27.9 Å². The average molecular weight is 266 g/mol. The van der Waals surface area contributed by atoms with Crippen molar-refractivity contribution in [2.45, 2.75) is 20.8 Å². The van der Waals surface area contributed by atoms with Crippen LogP contribution in [0.1, 0.15) is 31.1 Å². The molecule has 1 amide bonds. The van der Waals surface area contributed by atoms with Gasteiger partial charge in [-0.05, 0) is 11.8 Å². The first-order chi connectivity index (χ1) is 8.82. The van der Waals surface area contributed by atoms with E-state index in [9.17, 15) is 14.9 Å². The number of anilines is 1. The number of carbonyl (C=O) groups excluding carboxylic acids is 1. The molecule has 0 radical (unpaired) electrons. The molecule has 7 nitrogen and oxygen atoms in total. The lowest BCUT2D eigenvalue weighted by Gasteiger charge is -2.16. The van der Waals surface area contributed by atoms with Crippen molar-refractivity contribution >= 4 is 17.4 Å². The number of nitrogens with zero attached hydrogens (tertiary/aromatic N) is 2. The van der Waals surface area contributed by atoms with Crippen LogP contribution in [0.25, 0.3) is 0 Å². The molecule has 0 aliphatic carbocycles. The van der Waals surface area contributed by atoms with Gasteiger partial charge in [-0.15, -0.1) is 0 Å². The van der Waals surface area contributed by atoms with Crippen LogP contribution in [0, 0.1) is 22.0 Å². The summed E-state index contributed by atoms with van der Waals surface area (Å²) in [5, 5.41) is 13.3. The second kappa shape index (κ2) is 6.12. The molecular formula is C12H18N4O3. The predicted octanol–water partition coefficient (Wildman–Crippen LogP) is 1.59.